The van der Waals surface area contributed by atoms with Crippen LogP contribution in [-0.4, -0.2) is 45.3 Å². The molecule has 20 heavy (non-hydrogen) atoms. The Balaban J connectivity index is 2.59. The molecule has 0 saturated heterocycles. The van der Waals surface area contributed by atoms with Crippen molar-refractivity contribution in [3.8, 4) is 0 Å². The highest BCUT2D eigenvalue weighted by Crippen LogP contribution is 2.03. The number of rotatable bonds is 7. The van der Waals surface area contributed by atoms with Gasteiger partial charge in [-0.05, 0) is 5.56 Å². The van der Waals surface area contributed by atoms with Crippen LogP contribution in [0.1, 0.15) is 12.0 Å². The number of aliphatic hydroxyl groups excluding tert-OH is 1. The zero-order valence-electron chi connectivity index (χ0n) is 10.5. The van der Waals surface area contributed by atoms with E-state index < -0.39 is 36.4 Å². The first-order valence-electron chi connectivity index (χ1n) is 5.87. The van der Waals surface area contributed by atoms with Crippen molar-refractivity contribution in [1.82, 2.24) is 5.32 Å². The van der Waals surface area contributed by atoms with Crippen molar-refractivity contribution < 1.29 is 29.7 Å². The number of benzene rings is 1. The number of hydrogen-bond donors (Lipinski definition) is 4. The van der Waals surface area contributed by atoms with Crippen molar-refractivity contribution in [2.24, 2.45) is 0 Å². The largest absolute Gasteiger partial charge is 0.480 e. The Hall–Kier alpha value is -2.41. The van der Waals surface area contributed by atoms with Gasteiger partial charge in [-0.2, -0.15) is 0 Å². The van der Waals surface area contributed by atoms with E-state index in [0.717, 1.165) is 0 Å². The molecular formula is C13H15NO6. The minimum atomic E-state index is -1.84. The molecular weight excluding hydrogens is 266 g/mol. The highest BCUT2D eigenvalue weighted by atomic mass is 16.4. The van der Waals surface area contributed by atoms with E-state index in [1.54, 1.807) is 30.3 Å². The molecule has 0 saturated carbocycles. The molecule has 7 nitrogen and oxygen atoms in total. The van der Waals surface area contributed by atoms with Crippen LogP contribution in [0.3, 0.4) is 0 Å². The van der Waals surface area contributed by atoms with Gasteiger partial charge in [-0.1, -0.05) is 30.3 Å². The molecule has 1 aromatic rings. The third kappa shape index (κ3) is 5.07. The molecule has 2 atom stereocenters. The van der Waals surface area contributed by atoms with Gasteiger partial charge in [-0.15, -0.1) is 0 Å². The van der Waals surface area contributed by atoms with Crippen LogP contribution in [0.2, 0.25) is 0 Å². The SMILES string of the molecule is O=C(Cc1ccccc1)N[C@@H](CC(O)C(=O)O)C(=O)O. The Morgan fingerprint density at radius 3 is 2.15 bits per heavy atom. The Bertz CT molecular complexity index is 487. The van der Waals surface area contributed by atoms with Crippen molar-refractivity contribution in [3.63, 3.8) is 0 Å². The summed E-state index contributed by atoms with van der Waals surface area (Å²) < 4.78 is 0. The van der Waals surface area contributed by atoms with Gasteiger partial charge in [0, 0.05) is 6.42 Å². The lowest BCUT2D eigenvalue weighted by Gasteiger charge is -2.16. The van der Waals surface area contributed by atoms with E-state index >= 15 is 0 Å². The van der Waals surface area contributed by atoms with E-state index in [1.165, 1.54) is 0 Å². The van der Waals surface area contributed by atoms with Crippen molar-refractivity contribution in [3.05, 3.63) is 35.9 Å². The predicted molar refractivity (Wildman–Crippen MR) is 68.0 cm³/mol. The molecule has 7 heteroatoms. The Labute approximate surface area is 114 Å². The molecule has 0 fully saturated rings. The fraction of sp³-hybridized carbons (Fsp3) is 0.308. The molecule has 0 bridgehead atoms. The lowest BCUT2D eigenvalue weighted by molar-refractivity contribution is -0.149. The van der Waals surface area contributed by atoms with Crippen molar-refractivity contribution >= 4 is 17.8 Å². The summed E-state index contributed by atoms with van der Waals surface area (Å²) in [6.45, 7) is 0. The van der Waals surface area contributed by atoms with Crippen LogP contribution < -0.4 is 5.32 Å². The van der Waals surface area contributed by atoms with Crippen molar-refractivity contribution in [2.45, 2.75) is 25.0 Å². The molecule has 0 aliphatic carbocycles. The number of amides is 1. The summed E-state index contributed by atoms with van der Waals surface area (Å²) in [7, 11) is 0. The standard InChI is InChI=1S/C13H15NO6/c15-10(13(19)20)7-9(12(17)18)14-11(16)6-8-4-2-1-3-5-8/h1-5,9-10,15H,6-7H2,(H,14,16)(H,17,18)(H,19,20)/t9-,10?/m0/s1. The monoisotopic (exact) mass is 281 g/mol. The van der Waals surface area contributed by atoms with E-state index in [2.05, 4.69) is 5.32 Å². The highest BCUT2D eigenvalue weighted by molar-refractivity contribution is 5.85. The van der Waals surface area contributed by atoms with Crippen LogP contribution >= 0.6 is 0 Å². The zero-order valence-corrected chi connectivity index (χ0v) is 10.5. The van der Waals surface area contributed by atoms with Gasteiger partial charge < -0.3 is 20.6 Å². The molecule has 0 aliphatic heterocycles. The molecule has 4 N–H and O–H groups in total. The van der Waals surface area contributed by atoms with E-state index in [-0.39, 0.29) is 6.42 Å². The number of aliphatic hydroxyl groups is 1. The second-order valence-corrected chi connectivity index (χ2v) is 4.21. The maximum absolute atomic E-state index is 11.7. The zero-order chi connectivity index (χ0) is 15.1. The maximum Gasteiger partial charge on any atom is 0.332 e. The topological polar surface area (TPSA) is 124 Å². The van der Waals surface area contributed by atoms with Gasteiger partial charge in [-0.25, -0.2) is 9.59 Å². The number of carbonyl (C=O) groups is 3. The van der Waals surface area contributed by atoms with Gasteiger partial charge in [-0.3, -0.25) is 4.79 Å². The number of aliphatic carboxylic acids is 2. The number of carboxylic acid groups (broad SMARTS) is 2. The first kappa shape index (κ1) is 15.6. The average Bonchev–Trinajstić information content (AvgIpc) is 2.38. The summed E-state index contributed by atoms with van der Waals surface area (Å²) in [6.07, 6.45) is -2.45. The Morgan fingerprint density at radius 1 is 1.05 bits per heavy atom. The maximum atomic E-state index is 11.7. The van der Waals surface area contributed by atoms with Crippen LogP contribution in [-0.2, 0) is 20.8 Å². The van der Waals surface area contributed by atoms with Crippen molar-refractivity contribution in [1.29, 1.82) is 0 Å². The van der Waals surface area contributed by atoms with Gasteiger partial charge in [0.05, 0.1) is 6.42 Å². The molecule has 1 unspecified atom stereocenters. The normalized spacial score (nSPS) is 13.2. The van der Waals surface area contributed by atoms with Gasteiger partial charge in [0.1, 0.15) is 6.04 Å². The second kappa shape index (κ2) is 7.25. The third-order valence-electron chi connectivity index (χ3n) is 2.58. The second-order valence-electron chi connectivity index (χ2n) is 4.21. The van der Waals surface area contributed by atoms with Crippen LogP contribution in [0.4, 0.5) is 0 Å². The Kier molecular flexibility index (Phi) is 5.67. The summed E-state index contributed by atoms with van der Waals surface area (Å²) in [5.41, 5.74) is 0.702. The van der Waals surface area contributed by atoms with Crippen molar-refractivity contribution in [2.75, 3.05) is 0 Å². The Morgan fingerprint density at radius 2 is 1.65 bits per heavy atom. The minimum Gasteiger partial charge on any atom is -0.480 e. The van der Waals surface area contributed by atoms with Gasteiger partial charge in [0.15, 0.2) is 6.10 Å². The van der Waals surface area contributed by atoms with E-state index in [4.69, 9.17) is 15.3 Å². The van der Waals surface area contributed by atoms with Crippen LogP contribution in [0.15, 0.2) is 30.3 Å². The minimum absolute atomic E-state index is 0.0201. The highest BCUT2D eigenvalue weighted by Gasteiger charge is 2.26. The average molecular weight is 281 g/mol. The molecule has 0 aliphatic rings. The van der Waals surface area contributed by atoms with Gasteiger partial charge in [0.2, 0.25) is 5.91 Å². The third-order valence-corrected chi connectivity index (χ3v) is 2.58. The van der Waals surface area contributed by atoms with Gasteiger partial charge >= 0.3 is 11.9 Å². The van der Waals surface area contributed by atoms with E-state index in [0.29, 0.717) is 5.56 Å². The molecule has 0 heterocycles. The molecule has 0 spiro atoms. The molecule has 0 aromatic heterocycles. The number of carbonyl (C=O) groups excluding carboxylic acids is 1. The fourth-order valence-corrected chi connectivity index (χ4v) is 1.57. The van der Waals surface area contributed by atoms with Crippen LogP contribution in [0, 0.1) is 0 Å². The summed E-state index contributed by atoms with van der Waals surface area (Å²) in [5.74, 6) is -3.48. The number of hydrogen-bond acceptors (Lipinski definition) is 4. The molecule has 1 aromatic carbocycles. The fourth-order valence-electron chi connectivity index (χ4n) is 1.57. The number of carboxylic acids is 2. The summed E-state index contributed by atoms with van der Waals surface area (Å²) >= 11 is 0. The first-order chi connectivity index (χ1) is 9.40. The quantitative estimate of drug-likeness (QED) is 0.541. The van der Waals surface area contributed by atoms with E-state index in [9.17, 15) is 14.4 Å². The lowest BCUT2D eigenvalue weighted by Crippen LogP contribution is -2.44. The summed E-state index contributed by atoms with van der Waals surface area (Å²) in [6, 6.07) is 7.24. The summed E-state index contributed by atoms with van der Waals surface area (Å²) in [4.78, 5) is 33.1. The smallest absolute Gasteiger partial charge is 0.332 e. The molecule has 108 valence electrons. The predicted octanol–water partition coefficient (Wildman–Crippen LogP) is -0.366. The van der Waals surface area contributed by atoms with Crippen LogP contribution in [0.25, 0.3) is 0 Å². The molecule has 1 rings (SSSR count). The van der Waals surface area contributed by atoms with E-state index in [1.807, 2.05) is 0 Å². The number of nitrogens with one attached hydrogen (secondary N) is 1. The first-order valence-corrected chi connectivity index (χ1v) is 5.87. The summed E-state index contributed by atoms with van der Waals surface area (Å²) in [5, 5.41) is 28.7. The molecule has 0 radical (unpaired) electrons. The molecule has 1 amide bonds. The lowest BCUT2D eigenvalue weighted by atomic mass is 10.1. The van der Waals surface area contributed by atoms with Gasteiger partial charge in [0.25, 0.3) is 0 Å². The van der Waals surface area contributed by atoms with Crippen LogP contribution in [0.5, 0.6) is 0 Å².